The van der Waals surface area contributed by atoms with Gasteiger partial charge in [-0.1, -0.05) is 97.5 Å². The van der Waals surface area contributed by atoms with Crippen molar-refractivity contribution in [3.05, 3.63) is 0 Å². The quantitative estimate of drug-likeness (QED) is 0.567. The summed E-state index contributed by atoms with van der Waals surface area (Å²) in [5.74, 6) is 4.88. The van der Waals surface area contributed by atoms with Gasteiger partial charge in [-0.3, -0.25) is 0 Å². The molecule has 98 valence electrons. The Balaban J connectivity index is 0. The summed E-state index contributed by atoms with van der Waals surface area (Å²) < 4.78 is 0. The standard InChI is InChI=1S/C15H33B.Li.H/c1-10(2)13(7)16(14(8)11(3)4)15(9)12(5)6;;/h10-15H,1-9H3;;. The molecule has 0 aromatic rings. The van der Waals surface area contributed by atoms with Gasteiger partial charge in [0.25, 0.3) is 0 Å². The zero-order valence-electron chi connectivity index (χ0n) is 13.0. The van der Waals surface area contributed by atoms with Crippen molar-refractivity contribution in [1.29, 1.82) is 0 Å². The number of hydrogen-bond acceptors (Lipinski definition) is 0. The second kappa shape index (κ2) is 8.71. The van der Waals surface area contributed by atoms with Crippen molar-refractivity contribution in [1.82, 2.24) is 0 Å². The summed E-state index contributed by atoms with van der Waals surface area (Å²) in [5, 5.41) is 0. The summed E-state index contributed by atoms with van der Waals surface area (Å²) in [7, 11) is 0. The molecule has 0 aliphatic heterocycles. The summed E-state index contributed by atoms with van der Waals surface area (Å²) in [5.41, 5.74) is 0. The molecule has 0 spiro atoms. The van der Waals surface area contributed by atoms with E-state index >= 15 is 0 Å². The third-order valence-electron chi connectivity index (χ3n) is 4.98. The Labute approximate surface area is 123 Å². The zero-order chi connectivity index (χ0) is 13.0. The molecule has 0 saturated carbocycles. The monoisotopic (exact) mass is 232 g/mol. The van der Waals surface area contributed by atoms with Gasteiger partial charge in [-0.15, -0.1) is 0 Å². The summed E-state index contributed by atoms with van der Waals surface area (Å²) in [6.45, 7) is 22.5. The minimum atomic E-state index is 0. The molecule has 2 heteroatoms. The van der Waals surface area contributed by atoms with Crippen LogP contribution in [0.5, 0.6) is 0 Å². The van der Waals surface area contributed by atoms with Gasteiger partial charge in [0, 0.05) is 0 Å². The predicted octanol–water partition coefficient (Wildman–Crippen LogP) is 4.97. The van der Waals surface area contributed by atoms with Gasteiger partial charge in [0.2, 0.25) is 0 Å². The molecule has 3 unspecified atom stereocenters. The van der Waals surface area contributed by atoms with Crippen LogP contribution in [0.1, 0.15) is 62.3 Å². The van der Waals surface area contributed by atoms with E-state index in [4.69, 9.17) is 0 Å². The molecular weight excluding hydrogens is 198 g/mol. The number of rotatable bonds is 6. The first-order valence-corrected chi connectivity index (χ1v) is 7.20. The average Bonchev–Trinajstić information content (AvgIpc) is 2.16. The van der Waals surface area contributed by atoms with Crippen molar-refractivity contribution in [3.63, 3.8) is 0 Å². The van der Waals surface area contributed by atoms with Gasteiger partial charge < -0.3 is 0 Å². The van der Waals surface area contributed by atoms with Crippen molar-refractivity contribution in [2.75, 3.05) is 0 Å². The Kier molecular flexibility index (Phi) is 10.2. The molecule has 0 heterocycles. The summed E-state index contributed by atoms with van der Waals surface area (Å²) in [6.07, 6.45) is 0. The normalized spacial score (nSPS) is 16.9. The summed E-state index contributed by atoms with van der Waals surface area (Å²) in [4.78, 5) is 0. The summed E-state index contributed by atoms with van der Waals surface area (Å²) in [6, 6.07) is 0. The topological polar surface area (TPSA) is 0 Å². The van der Waals surface area contributed by atoms with Crippen LogP contribution in [0.4, 0.5) is 0 Å². The van der Waals surface area contributed by atoms with E-state index < -0.39 is 0 Å². The van der Waals surface area contributed by atoms with Crippen LogP contribution in [0, 0.1) is 17.8 Å². The molecule has 0 fully saturated rings. The molecule has 0 aliphatic carbocycles. The molecule has 0 nitrogen and oxygen atoms in total. The van der Waals surface area contributed by atoms with Crippen LogP contribution >= 0.6 is 0 Å². The Hall–Kier alpha value is 0.662. The first kappa shape index (κ1) is 20.0. The second-order valence-electron chi connectivity index (χ2n) is 6.89. The molecule has 0 saturated heterocycles. The molecule has 0 radical (unpaired) electrons. The second-order valence-corrected chi connectivity index (χ2v) is 6.89. The molecule has 0 aliphatic rings. The van der Waals surface area contributed by atoms with E-state index in [1.807, 2.05) is 0 Å². The van der Waals surface area contributed by atoms with Crippen molar-refractivity contribution in [2.24, 2.45) is 17.8 Å². The van der Waals surface area contributed by atoms with E-state index in [0.717, 1.165) is 41.9 Å². The predicted molar refractivity (Wildman–Crippen MR) is 85.7 cm³/mol. The fourth-order valence-electron chi connectivity index (χ4n) is 2.77. The molecule has 0 aromatic carbocycles. The molecule has 0 N–H and O–H groups in total. The van der Waals surface area contributed by atoms with Crippen molar-refractivity contribution in [3.8, 4) is 0 Å². The van der Waals surface area contributed by atoms with Gasteiger partial charge in [-0.05, 0) is 0 Å². The van der Waals surface area contributed by atoms with Crippen LogP contribution in [0.3, 0.4) is 0 Å². The Bertz CT molecular complexity index is 156. The van der Waals surface area contributed by atoms with Crippen molar-refractivity contribution < 1.29 is 0 Å². The van der Waals surface area contributed by atoms with Gasteiger partial charge in [0.1, 0.15) is 6.71 Å². The SMILES string of the molecule is CC(C)C(C)B(C(C)C(C)C)C(C)C(C)C.[LiH]. The van der Waals surface area contributed by atoms with Crippen molar-refractivity contribution >= 4 is 25.6 Å². The third kappa shape index (κ3) is 5.89. The summed E-state index contributed by atoms with van der Waals surface area (Å²) >= 11 is 0. The Morgan fingerprint density at radius 1 is 0.471 bits per heavy atom. The first-order valence-electron chi connectivity index (χ1n) is 7.20. The van der Waals surface area contributed by atoms with Gasteiger partial charge in [0.15, 0.2) is 0 Å². The van der Waals surface area contributed by atoms with Gasteiger partial charge in [-0.25, -0.2) is 0 Å². The van der Waals surface area contributed by atoms with Gasteiger partial charge in [0.05, 0.1) is 0 Å². The zero-order valence-corrected chi connectivity index (χ0v) is 13.0. The van der Waals surface area contributed by atoms with E-state index in [1.54, 1.807) is 0 Å². The minimum absolute atomic E-state index is 0. The molecule has 3 atom stereocenters. The molecule has 0 rings (SSSR count). The van der Waals surface area contributed by atoms with E-state index in [0.29, 0.717) is 0 Å². The fourth-order valence-corrected chi connectivity index (χ4v) is 2.77. The van der Waals surface area contributed by atoms with Crippen LogP contribution in [0.2, 0.25) is 17.5 Å². The van der Waals surface area contributed by atoms with Gasteiger partial charge in [-0.2, -0.15) is 0 Å². The molecule has 0 aromatic heterocycles. The van der Waals surface area contributed by atoms with Crippen LogP contribution in [0.25, 0.3) is 0 Å². The molecule has 0 bridgehead atoms. The third-order valence-corrected chi connectivity index (χ3v) is 4.98. The molecular formula is C15H34BLi. The van der Waals surface area contributed by atoms with Crippen LogP contribution < -0.4 is 0 Å². The van der Waals surface area contributed by atoms with E-state index in [-0.39, 0.29) is 18.9 Å². The number of hydrogen-bond donors (Lipinski definition) is 0. The molecule has 17 heavy (non-hydrogen) atoms. The fraction of sp³-hybridized carbons (Fsp3) is 1.00. The van der Waals surface area contributed by atoms with Gasteiger partial charge >= 0.3 is 18.9 Å². The first-order chi connectivity index (χ1) is 7.20. The van der Waals surface area contributed by atoms with Crippen LogP contribution in [-0.4, -0.2) is 25.6 Å². The van der Waals surface area contributed by atoms with E-state index in [2.05, 4.69) is 62.3 Å². The maximum absolute atomic E-state index is 2.45. The van der Waals surface area contributed by atoms with E-state index in [9.17, 15) is 0 Å². The van der Waals surface area contributed by atoms with Crippen LogP contribution in [-0.2, 0) is 0 Å². The Morgan fingerprint density at radius 2 is 0.647 bits per heavy atom. The Morgan fingerprint density at radius 3 is 0.765 bits per heavy atom. The van der Waals surface area contributed by atoms with E-state index in [1.165, 1.54) is 0 Å². The molecule has 0 amide bonds. The van der Waals surface area contributed by atoms with Crippen LogP contribution in [0.15, 0.2) is 0 Å². The maximum atomic E-state index is 2.45. The van der Waals surface area contributed by atoms with Crippen molar-refractivity contribution in [2.45, 2.75) is 79.8 Å². The average molecular weight is 232 g/mol.